The lowest BCUT2D eigenvalue weighted by Gasteiger charge is -2.35. The van der Waals surface area contributed by atoms with Gasteiger partial charge in [0.05, 0.1) is 11.7 Å². The molecule has 156 valence electrons. The summed E-state index contributed by atoms with van der Waals surface area (Å²) in [4.78, 5) is 13.5. The zero-order valence-corrected chi connectivity index (χ0v) is 18.4. The Labute approximate surface area is 179 Å². The largest absolute Gasteiger partial charge is 0.442 e. The van der Waals surface area contributed by atoms with Crippen molar-refractivity contribution < 1.29 is 9.53 Å². The summed E-state index contributed by atoms with van der Waals surface area (Å²) in [6.45, 7) is 10.8. The Hall–Kier alpha value is -2.85. The van der Waals surface area contributed by atoms with E-state index in [1.807, 2.05) is 51.1 Å². The van der Waals surface area contributed by atoms with Crippen LogP contribution in [0.5, 0.6) is 0 Å². The molecule has 0 saturated carbocycles. The van der Waals surface area contributed by atoms with Crippen LogP contribution in [0.25, 0.3) is 10.8 Å². The fourth-order valence-electron chi connectivity index (χ4n) is 4.30. The van der Waals surface area contributed by atoms with Gasteiger partial charge in [-0.15, -0.1) is 0 Å². The van der Waals surface area contributed by atoms with E-state index in [2.05, 4.69) is 55.3 Å². The molecule has 0 aliphatic carbocycles. The van der Waals surface area contributed by atoms with E-state index >= 15 is 0 Å². The van der Waals surface area contributed by atoms with Crippen LogP contribution in [0.1, 0.15) is 51.8 Å². The van der Waals surface area contributed by atoms with Crippen LogP contribution in [-0.2, 0) is 11.3 Å². The highest BCUT2D eigenvalue weighted by Crippen LogP contribution is 2.48. The molecule has 0 bridgehead atoms. The van der Waals surface area contributed by atoms with Gasteiger partial charge in [-0.25, -0.2) is 9.80 Å². The lowest BCUT2D eigenvalue weighted by molar-refractivity contribution is 0.0398. The molecule has 1 unspecified atom stereocenters. The molecule has 4 rings (SSSR count). The predicted molar refractivity (Wildman–Crippen MR) is 122 cm³/mol. The first-order valence-electron chi connectivity index (χ1n) is 10.6. The molecule has 0 spiro atoms. The van der Waals surface area contributed by atoms with Crippen LogP contribution in [0, 0.1) is 5.92 Å². The van der Waals surface area contributed by atoms with E-state index in [-0.39, 0.29) is 12.1 Å². The van der Waals surface area contributed by atoms with Crippen molar-refractivity contribution in [1.29, 1.82) is 0 Å². The Morgan fingerprint density at radius 1 is 0.967 bits per heavy atom. The first-order valence-corrected chi connectivity index (χ1v) is 10.6. The van der Waals surface area contributed by atoms with Crippen LogP contribution in [0.4, 0.5) is 10.5 Å². The fourth-order valence-corrected chi connectivity index (χ4v) is 4.30. The number of anilines is 1. The molecule has 1 aliphatic rings. The summed E-state index contributed by atoms with van der Waals surface area (Å²) < 4.78 is 5.87. The van der Waals surface area contributed by atoms with E-state index in [4.69, 9.17) is 4.74 Å². The molecule has 1 amide bonds. The van der Waals surface area contributed by atoms with Gasteiger partial charge < -0.3 is 4.74 Å². The number of hydrogen-bond acceptors (Lipinski definition) is 3. The van der Waals surface area contributed by atoms with Crippen LogP contribution in [0.2, 0.25) is 0 Å². The maximum absolute atomic E-state index is 13.5. The lowest BCUT2D eigenvalue weighted by atomic mass is 9.93. The number of carbonyl (C=O) groups is 1. The van der Waals surface area contributed by atoms with Crippen LogP contribution in [0.3, 0.4) is 0 Å². The number of benzene rings is 3. The monoisotopic (exact) mass is 402 g/mol. The van der Waals surface area contributed by atoms with E-state index in [1.165, 1.54) is 5.56 Å². The molecule has 1 atom stereocenters. The molecule has 4 nitrogen and oxygen atoms in total. The highest BCUT2D eigenvalue weighted by molar-refractivity contribution is 6.04. The van der Waals surface area contributed by atoms with Gasteiger partial charge in [-0.05, 0) is 43.2 Å². The summed E-state index contributed by atoms with van der Waals surface area (Å²) in [5.41, 5.74) is 2.70. The first-order chi connectivity index (χ1) is 14.3. The maximum atomic E-state index is 13.5. The van der Waals surface area contributed by atoms with Gasteiger partial charge in [0.2, 0.25) is 0 Å². The number of hydrazine groups is 1. The van der Waals surface area contributed by atoms with Crippen molar-refractivity contribution in [2.45, 2.75) is 52.8 Å². The summed E-state index contributed by atoms with van der Waals surface area (Å²) in [6, 6.07) is 22.9. The molecule has 3 aromatic carbocycles. The summed E-state index contributed by atoms with van der Waals surface area (Å²) in [6.07, 6.45) is -0.334. The van der Waals surface area contributed by atoms with Crippen molar-refractivity contribution in [3.05, 3.63) is 77.9 Å². The Bertz CT molecular complexity index is 1050. The minimum Gasteiger partial charge on any atom is -0.442 e. The Kier molecular flexibility index (Phi) is 5.29. The van der Waals surface area contributed by atoms with Crippen LogP contribution in [0.15, 0.2) is 66.7 Å². The average Bonchev–Trinajstić information content (AvgIpc) is 3.02. The molecular weight excluding hydrogens is 372 g/mol. The standard InChI is InChI=1S/C26H30N2O2/c1-18(2)23-22-16-15-20-13-9-10-14-21(20)24(22)28(25(29)30-26(3,4)5)27(23)17-19-11-7-6-8-12-19/h6-16,18,23H,17H2,1-5H3. The third-order valence-electron chi connectivity index (χ3n) is 5.43. The van der Waals surface area contributed by atoms with Crippen molar-refractivity contribution in [2.75, 3.05) is 5.01 Å². The molecule has 30 heavy (non-hydrogen) atoms. The summed E-state index contributed by atoms with van der Waals surface area (Å²) in [5.74, 6) is 0.320. The third kappa shape index (κ3) is 3.80. The zero-order valence-electron chi connectivity index (χ0n) is 18.4. The highest BCUT2D eigenvalue weighted by atomic mass is 16.6. The molecular formula is C26H30N2O2. The molecule has 1 heterocycles. The zero-order chi connectivity index (χ0) is 21.5. The number of ether oxygens (including phenoxy) is 1. The second-order valence-corrected chi connectivity index (χ2v) is 9.29. The second kappa shape index (κ2) is 7.77. The number of carbonyl (C=O) groups excluding carboxylic acids is 1. The van der Waals surface area contributed by atoms with Crippen molar-refractivity contribution >= 4 is 22.6 Å². The molecule has 1 aliphatic heterocycles. The molecule has 4 heteroatoms. The van der Waals surface area contributed by atoms with Crippen molar-refractivity contribution in [3.63, 3.8) is 0 Å². The number of hydrogen-bond donors (Lipinski definition) is 0. The van der Waals surface area contributed by atoms with Crippen molar-refractivity contribution in [3.8, 4) is 0 Å². The van der Waals surface area contributed by atoms with Gasteiger partial charge in [0.1, 0.15) is 5.60 Å². The van der Waals surface area contributed by atoms with E-state index in [0.29, 0.717) is 12.5 Å². The fraction of sp³-hybridized carbons (Fsp3) is 0.346. The lowest BCUT2D eigenvalue weighted by Crippen LogP contribution is -2.47. The van der Waals surface area contributed by atoms with E-state index in [1.54, 1.807) is 5.01 Å². The van der Waals surface area contributed by atoms with Gasteiger partial charge in [0.25, 0.3) is 0 Å². The summed E-state index contributed by atoms with van der Waals surface area (Å²) in [7, 11) is 0. The third-order valence-corrected chi connectivity index (χ3v) is 5.43. The Balaban J connectivity index is 1.89. The van der Waals surface area contributed by atoms with Crippen LogP contribution in [-0.4, -0.2) is 16.7 Å². The van der Waals surface area contributed by atoms with E-state index in [9.17, 15) is 4.79 Å². The van der Waals surface area contributed by atoms with Crippen molar-refractivity contribution in [1.82, 2.24) is 5.01 Å². The number of nitrogens with zero attached hydrogens (tertiary/aromatic N) is 2. The number of amides is 1. The Morgan fingerprint density at radius 2 is 1.63 bits per heavy atom. The van der Waals surface area contributed by atoms with Crippen molar-refractivity contribution in [2.24, 2.45) is 5.92 Å². The highest BCUT2D eigenvalue weighted by Gasteiger charge is 2.43. The topological polar surface area (TPSA) is 32.8 Å². The average molecular weight is 403 g/mol. The van der Waals surface area contributed by atoms with Gasteiger partial charge in [0, 0.05) is 11.9 Å². The summed E-state index contributed by atoms with van der Waals surface area (Å²) in [5, 5.41) is 6.14. The SMILES string of the molecule is CC(C)C1c2ccc3ccccc3c2N(C(=O)OC(C)(C)C)N1Cc1ccccc1. The van der Waals surface area contributed by atoms with E-state index < -0.39 is 5.60 Å². The minimum absolute atomic E-state index is 0.0809. The maximum Gasteiger partial charge on any atom is 0.429 e. The second-order valence-electron chi connectivity index (χ2n) is 9.29. The summed E-state index contributed by atoms with van der Waals surface area (Å²) >= 11 is 0. The Morgan fingerprint density at radius 3 is 2.30 bits per heavy atom. The van der Waals surface area contributed by atoms with Gasteiger partial charge in [-0.2, -0.15) is 5.01 Å². The van der Waals surface area contributed by atoms with Gasteiger partial charge in [-0.1, -0.05) is 80.6 Å². The minimum atomic E-state index is -0.573. The van der Waals surface area contributed by atoms with Gasteiger partial charge in [-0.3, -0.25) is 0 Å². The van der Waals surface area contributed by atoms with E-state index in [0.717, 1.165) is 22.0 Å². The molecule has 0 fully saturated rings. The quantitative estimate of drug-likeness (QED) is 0.488. The number of fused-ring (bicyclic) bond motifs is 3. The molecule has 0 radical (unpaired) electrons. The van der Waals surface area contributed by atoms with Gasteiger partial charge >= 0.3 is 6.09 Å². The first kappa shape index (κ1) is 20.4. The van der Waals surface area contributed by atoms with Gasteiger partial charge in [0.15, 0.2) is 0 Å². The number of rotatable bonds is 3. The predicted octanol–water partition coefficient (Wildman–Crippen LogP) is 6.71. The van der Waals surface area contributed by atoms with Crippen LogP contribution < -0.4 is 5.01 Å². The normalized spacial score (nSPS) is 16.9. The molecule has 0 N–H and O–H groups in total. The molecule has 3 aromatic rings. The molecule has 0 aromatic heterocycles. The molecule has 0 saturated heterocycles. The smallest absolute Gasteiger partial charge is 0.429 e. The van der Waals surface area contributed by atoms with Crippen LogP contribution >= 0.6 is 0 Å².